The van der Waals surface area contributed by atoms with E-state index in [4.69, 9.17) is 9.25 Å². The molecule has 106 valence electrons. The summed E-state index contributed by atoms with van der Waals surface area (Å²) in [7, 11) is 0. The standard InChI is InChI=1S/C13H13BrFN3O2/c1-2-7-19-18-11(8-14)13-17-16-12(20-13)9-3-5-10(15)6-4-9/h3-6,8,18H,2,7H2,1H3. The minimum absolute atomic E-state index is 0.275. The van der Waals surface area contributed by atoms with E-state index in [0.717, 1.165) is 6.42 Å². The number of hydroxylamine groups is 1. The Kier molecular flexibility index (Phi) is 5.25. The van der Waals surface area contributed by atoms with E-state index < -0.39 is 0 Å². The van der Waals surface area contributed by atoms with Gasteiger partial charge >= 0.3 is 0 Å². The Labute approximate surface area is 123 Å². The molecule has 1 aromatic heterocycles. The summed E-state index contributed by atoms with van der Waals surface area (Å²) >= 11 is 3.20. The van der Waals surface area contributed by atoms with Crippen LogP contribution in [0.1, 0.15) is 19.2 Å². The molecule has 0 radical (unpaired) electrons. The monoisotopic (exact) mass is 341 g/mol. The first kappa shape index (κ1) is 14.7. The van der Waals surface area contributed by atoms with Crippen LogP contribution in [0.15, 0.2) is 33.7 Å². The maximum atomic E-state index is 12.9. The quantitative estimate of drug-likeness (QED) is 0.643. The third kappa shape index (κ3) is 3.64. The van der Waals surface area contributed by atoms with Crippen LogP contribution in [0.5, 0.6) is 0 Å². The van der Waals surface area contributed by atoms with E-state index in [1.807, 2.05) is 6.92 Å². The molecule has 0 bridgehead atoms. The molecule has 0 amide bonds. The van der Waals surface area contributed by atoms with Crippen molar-refractivity contribution in [2.75, 3.05) is 6.61 Å². The Morgan fingerprint density at radius 2 is 2.15 bits per heavy atom. The van der Waals surface area contributed by atoms with Crippen molar-refractivity contribution in [3.63, 3.8) is 0 Å². The van der Waals surface area contributed by atoms with Crippen molar-refractivity contribution in [1.82, 2.24) is 15.7 Å². The second kappa shape index (κ2) is 7.16. The van der Waals surface area contributed by atoms with Crippen LogP contribution in [0.2, 0.25) is 0 Å². The van der Waals surface area contributed by atoms with Crippen LogP contribution >= 0.6 is 15.9 Å². The third-order valence-corrected chi connectivity index (χ3v) is 2.80. The zero-order valence-corrected chi connectivity index (χ0v) is 12.4. The maximum absolute atomic E-state index is 12.9. The molecule has 1 heterocycles. The molecule has 5 nitrogen and oxygen atoms in total. The molecule has 2 rings (SSSR count). The second-order valence-corrected chi connectivity index (χ2v) is 4.35. The van der Waals surface area contributed by atoms with Crippen molar-refractivity contribution >= 4 is 21.6 Å². The van der Waals surface area contributed by atoms with Crippen molar-refractivity contribution in [2.24, 2.45) is 0 Å². The maximum Gasteiger partial charge on any atom is 0.266 e. The lowest BCUT2D eigenvalue weighted by molar-refractivity contribution is 0.0777. The van der Waals surface area contributed by atoms with Crippen LogP contribution in [0.25, 0.3) is 17.2 Å². The second-order valence-electron chi connectivity index (χ2n) is 3.89. The summed E-state index contributed by atoms with van der Waals surface area (Å²) in [6.07, 6.45) is 0.882. The lowest BCUT2D eigenvalue weighted by atomic mass is 10.2. The first-order valence-electron chi connectivity index (χ1n) is 6.02. The van der Waals surface area contributed by atoms with Gasteiger partial charge in [-0.05, 0) is 30.7 Å². The SMILES string of the molecule is CCCONC(=CBr)c1nnc(-c2ccc(F)cc2)o1. The van der Waals surface area contributed by atoms with Gasteiger partial charge in [-0.2, -0.15) is 0 Å². The molecule has 0 spiro atoms. The largest absolute Gasteiger partial charge is 0.415 e. The Morgan fingerprint density at radius 1 is 1.40 bits per heavy atom. The molecule has 20 heavy (non-hydrogen) atoms. The highest BCUT2D eigenvalue weighted by Crippen LogP contribution is 2.21. The Morgan fingerprint density at radius 3 is 2.80 bits per heavy atom. The van der Waals surface area contributed by atoms with Gasteiger partial charge in [0.2, 0.25) is 5.89 Å². The lowest BCUT2D eigenvalue weighted by Crippen LogP contribution is -2.13. The molecule has 0 unspecified atom stereocenters. The van der Waals surface area contributed by atoms with Crippen LogP contribution in [-0.4, -0.2) is 16.8 Å². The van der Waals surface area contributed by atoms with Gasteiger partial charge in [-0.25, -0.2) is 4.39 Å². The average molecular weight is 342 g/mol. The van der Waals surface area contributed by atoms with Gasteiger partial charge in [-0.15, -0.1) is 10.2 Å². The molecule has 0 saturated heterocycles. The zero-order chi connectivity index (χ0) is 14.4. The molecule has 0 aliphatic carbocycles. The Hall–Kier alpha value is -1.73. The fourth-order valence-corrected chi connectivity index (χ4v) is 1.67. The molecule has 1 N–H and O–H groups in total. The molecule has 0 aliphatic heterocycles. The predicted molar refractivity (Wildman–Crippen MR) is 76.0 cm³/mol. The highest BCUT2D eigenvalue weighted by atomic mass is 79.9. The zero-order valence-electron chi connectivity index (χ0n) is 10.8. The van der Waals surface area contributed by atoms with E-state index in [9.17, 15) is 4.39 Å². The highest BCUT2D eigenvalue weighted by molar-refractivity contribution is 9.11. The molecule has 0 atom stereocenters. The van der Waals surface area contributed by atoms with Crippen molar-refractivity contribution in [2.45, 2.75) is 13.3 Å². The number of aromatic nitrogens is 2. The summed E-state index contributed by atoms with van der Waals surface area (Å²) in [5, 5.41) is 7.83. The van der Waals surface area contributed by atoms with E-state index in [1.54, 1.807) is 17.1 Å². The number of benzene rings is 1. The van der Waals surface area contributed by atoms with Crippen molar-refractivity contribution < 1.29 is 13.6 Å². The van der Waals surface area contributed by atoms with Crippen LogP contribution in [-0.2, 0) is 4.84 Å². The number of halogens is 2. The number of nitrogens with one attached hydrogen (secondary N) is 1. The van der Waals surface area contributed by atoms with Gasteiger partial charge in [0.15, 0.2) is 0 Å². The fourth-order valence-electron chi connectivity index (χ4n) is 1.38. The number of hydrogen-bond donors (Lipinski definition) is 1. The molecule has 2 aromatic rings. The minimum atomic E-state index is -0.316. The Balaban J connectivity index is 2.13. The summed E-state index contributed by atoms with van der Waals surface area (Å²) in [5.41, 5.74) is 3.88. The molecule has 0 aliphatic rings. The predicted octanol–water partition coefficient (Wildman–Crippen LogP) is 3.50. The van der Waals surface area contributed by atoms with Crippen molar-refractivity contribution in [3.8, 4) is 11.5 Å². The van der Waals surface area contributed by atoms with E-state index >= 15 is 0 Å². The minimum Gasteiger partial charge on any atom is -0.415 e. The number of nitrogens with zero attached hydrogens (tertiary/aromatic N) is 2. The fraction of sp³-hybridized carbons (Fsp3) is 0.231. The van der Waals surface area contributed by atoms with Gasteiger partial charge in [-0.1, -0.05) is 22.9 Å². The molecular weight excluding hydrogens is 329 g/mol. The van der Waals surface area contributed by atoms with Gasteiger partial charge in [-0.3, -0.25) is 10.3 Å². The summed E-state index contributed by atoms with van der Waals surface area (Å²) in [6, 6.07) is 5.82. The molecule has 0 saturated carbocycles. The summed E-state index contributed by atoms with van der Waals surface area (Å²) in [6.45, 7) is 2.56. The topological polar surface area (TPSA) is 60.2 Å². The van der Waals surface area contributed by atoms with Crippen molar-refractivity contribution in [1.29, 1.82) is 0 Å². The van der Waals surface area contributed by atoms with E-state index in [0.29, 0.717) is 23.8 Å². The highest BCUT2D eigenvalue weighted by Gasteiger charge is 2.12. The lowest BCUT2D eigenvalue weighted by Gasteiger charge is -2.05. The third-order valence-electron chi connectivity index (χ3n) is 2.34. The molecule has 0 fully saturated rings. The van der Waals surface area contributed by atoms with Gasteiger partial charge in [0.25, 0.3) is 5.89 Å². The molecular formula is C13H13BrFN3O2. The van der Waals surface area contributed by atoms with E-state index in [2.05, 4.69) is 31.6 Å². The summed E-state index contributed by atoms with van der Waals surface area (Å²) in [4.78, 5) is 6.78. The summed E-state index contributed by atoms with van der Waals surface area (Å²) in [5.74, 6) is 0.269. The first-order chi connectivity index (χ1) is 9.74. The van der Waals surface area contributed by atoms with E-state index in [1.165, 1.54) is 12.1 Å². The average Bonchev–Trinajstić information content (AvgIpc) is 2.94. The smallest absolute Gasteiger partial charge is 0.266 e. The van der Waals surface area contributed by atoms with Crippen LogP contribution in [0.3, 0.4) is 0 Å². The number of hydrogen-bond acceptors (Lipinski definition) is 5. The van der Waals surface area contributed by atoms with Crippen LogP contribution in [0, 0.1) is 5.82 Å². The van der Waals surface area contributed by atoms with Crippen LogP contribution < -0.4 is 5.48 Å². The van der Waals surface area contributed by atoms with Crippen molar-refractivity contribution in [3.05, 3.63) is 41.0 Å². The van der Waals surface area contributed by atoms with Gasteiger partial charge in [0, 0.05) is 10.5 Å². The van der Waals surface area contributed by atoms with E-state index in [-0.39, 0.29) is 11.7 Å². The van der Waals surface area contributed by atoms with Gasteiger partial charge < -0.3 is 4.42 Å². The van der Waals surface area contributed by atoms with Gasteiger partial charge in [0.1, 0.15) is 11.5 Å². The number of rotatable bonds is 6. The molecule has 1 aromatic carbocycles. The Bertz CT molecular complexity index is 584. The molecule has 7 heteroatoms. The first-order valence-corrected chi connectivity index (χ1v) is 6.94. The van der Waals surface area contributed by atoms with Gasteiger partial charge in [0.05, 0.1) is 6.61 Å². The summed E-state index contributed by atoms with van der Waals surface area (Å²) < 4.78 is 18.4. The normalized spacial score (nSPS) is 11.7. The van der Waals surface area contributed by atoms with Crippen LogP contribution in [0.4, 0.5) is 4.39 Å².